The van der Waals surface area contributed by atoms with E-state index in [0.29, 0.717) is 29.8 Å². The van der Waals surface area contributed by atoms with Gasteiger partial charge in [0.25, 0.3) is 5.91 Å². The molecule has 134 valence electrons. The molecule has 0 saturated carbocycles. The highest BCUT2D eigenvalue weighted by Crippen LogP contribution is 2.24. The molecule has 0 aliphatic rings. The fourth-order valence-corrected chi connectivity index (χ4v) is 2.34. The van der Waals surface area contributed by atoms with Crippen molar-refractivity contribution in [2.75, 3.05) is 11.9 Å². The smallest absolute Gasteiger partial charge is 0.270 e. The maximum atomic E-state index is 12.2. The zero-order valence-corrected chi connectivity index (χ0v) is 16.0. The molecule has 1 amide bonds. The van der Waals surface area contributed by atoms with Crippen LogP contribution in [0.15, 0.2) is 30.3 Å². The quantitative estimate of drug-likeness (QED) is 0.855. The van der Waals surface area contributed by atoms with Gasteiger partial charge in [0, 0.05) is 18.3 Å². The zero-order chi connectivity index (χ0) is 18.6. The van der Waals surface area contributed by atoms with Gasteiger partial charge in [-0.3, -0.25) is 4.79 Å². The molecule has 0 atom stereocenters. The molecule has 0 radical (unpaired) electrons. The number of amides is 1. The van der Waals surface area contributed by atoms with Gasteiger partial charge in [0.15, 0.2) is 0 Å². The van der Waals surface area contributed by atoms with Gasteiger partial charge in [0.1, 0.15) is 17.3 Å². The van der Waals surface area contributed by atoms with Gasteiger partial charge < -0.3 is 10.6 Å². The molecule has 0 aliphatic carbocycles. The van der Waals surface area contributed by atoms with Gasteiger partial charge in [-0.1, -0.05) is 46.8 Å². The van der Waals surface area contributed by atoms with E-state index < -0.39 is 0 Å². The lowest BCUT2D eigenvalue weighted by molar-refractivity contribution is 0.0943. The molecule has 1 heterocycles. The number of hydrogen-bond acceptors (Lipinski definition) is 4. The number of carbonyl (C=O) groups is 1. The van der Waals surface area contributed by atoms with Crippen LogP contribution in [0.4, 0.5) is 11.5 Å². The van der Waals surface area contributed by atoms with Gasteiger partial charge in [-0.2, -0.15) is 0 Å². The maximum absolute atomic E-state index is 12.2. The lowest BCUT2D eigenvalue weighted by Gasteiger charge is -2.19. The van der Waals surface area contributed by atoms with E-state index in [4.69, 9.17) is 0 Å². The average molecular weight is 340 g/mol. The van der Waals surface area contributed by atoms with Crippen LogP contribution in [0.25, 0.3) is 0 Å². The van der Waals surface area contributed by atoms with Gasteiger partial charge in [-0.15, -0.1) is 0 Å². The molecule has 25 heavy (non-hydrogen) atoms. The second kappa shape index (κ2) is 7.64. The molecular weight excluding hydrogens is 312 g/mol. The Morgan fingerprint density at radius 3 is 2.32 bits per heavy atom. The molecule has 2 N–H and O–H groups in total. The van der Waals surface area contributed by atoms with Crippen molar-refractivity contribution >= 4 is 17.4 Å². The Balaban J connectivity index is 2.16. The Kier molecular flexibility index (Phi) is 5.77. The Hall–Kier alpha value is -2.43. The molecule has 0 bridgehead atoms. The first-order chi connectivity index (χ1) is 11.6. The Bertz CT molecular complexity index is 730. The molecule has 2 aromatic rings. The topological polar surface area (TPSA) is 66.9 Å². The third-order valence-corrected chi connectivity index (χ3v) is 3.76. The van der Waals surface area contributed by atoms with E-state index >= 15 is 0 Å². The zero-order valence-electron chi connectivity index (χ0n) is 16.0. The number of aromatic nitrogens is 2. The molecule has 0 aliphatic heterocycles. The summed E-state index contributed by atoms with van der Waals surface area (Å²) in [6.07, 6.45) is 0. The van der Waals surface area contributed by atoms with E-state index in [9.17, 15) is 4.79 Å². The van der Waals surface area contributed by atoms with Crippen LogP contribution < -0.4 is 10.6 Å². The largest absolute Gasteiger partial charge is 0.350 e. The molecule has 2 rings (SSSR count). The predicted octanol–water partition coefficient (Wildman–Crippen LogP) is 4.21. The van der Waals surface area contributed by atoms with Gasteiger partial charge in [0.2, 0.25) is 0 Å². The number of nitrogens with one attached hydrogen (secondary N) is 2. The fourth-order valence-electron chi connectivity index (χ4n) is 2.34. The molecule has 0 spiro atoms. The van der Waals surface area contributed by atoms with Gasteiger partial charge >= 0.3 is 0 Å². The van der Waals surface area contributed by atoms with Crippen LogP contribution >= 0.6 is 0 Å². The number of nitrogens with zero attached hydrogens (tertiary/aromatic N) is 2. The van der Waals surface area contributed by atoms with Crippen molar-refractivity contribution in [2.24, 2.45) is 5.92 Å². The summed E-state index contributed by atoms with van der Waals surface area (Å²) in [6.45, 7) is 13.1. The van der Waals surface area contributed by atoms with E-state index in [1.54, 1.807) is 13.0 Å². The highest BCUT2D eigenvalue weighted by Gasteiger charge is 2.14. The Labute approximate surface area is 150 Å². The van der Waals surface area contributed by atoms with Crippen molar-refractivity contribution in [1.82, 2.24) is 15.3 Å². The second-order valence-corrected chi connectivity index (χ2v) is 7.74. The van der Waals surface area contributed by atoms with Crippen molar-refractivity contribution in [3.8, 4) is 0 Å². The molecule has 5 heteroatoms. The van der Waals surface area contributed by atoms with Crippen molar-refractivity contribution < 1.29 is 4.79 Å². The number of anilines is 2. The number of carbonyl (C=O) groups excluding carboxylic acids is 1. The molecule has 0 saturated heterocycles. The minimum Gasteiger partial charge on any atom is -0.350 e. The average Bonchev–Trinajstić information content (AvgIpc) is 2.51. The normalized spacial score (nSPS) is 11.5. The highest BCUT2D eigenvalue weighted by molar-refractivity contribution is 5.93. The summed E-state index contributed by atoms with van der Waals surface area (Å²) < 4.78 is 0. The van der Waals surface area contributed by atoms with E-state index in [1.165, 1.54) is 5.56 Å². The number of aryl methyl sites for hydroxylation is 1. The van der Waals surface area contributed by atoms with Crippen LogP contribution in [0.5, 0.6) is 0 Å². The first-order valence-electron chi connectivity index (χ1n) is 8.66. The summed E-state index contributed by atoms with van der Waals surface area (Å²) in [4.78, 5) is 20.8. The summed E-state index contributed by atoms with van der Waals surface area (Å²) in [6, 6.07) is 9.94. The van der Waals surface area contributed by atoms with Crippen LogP contribution in [0.2, 0.25) is 0 Å². The van der Waals surface area contributed by atoms with E-state index in [-0.39, 0.29) is 11.3 Å². The molecule has 0 unspecified atom stereocenters. The predicted molar refractivity (Wildman–Crippen MR) is 102 cm³/mol. The lowest BCUT2D eigenvalue weighted by atomic mass is 9.87. The molecule has 1 aromatic heterocycles. The highest BCUT2D eigenvalue weighted by atomic mass is 16.1. The molecular formula is C20H28N4O. The van der Waals surface area contributed by atoms with Crippen molar-refractivity contribution in [1.29, 1.82) is 0 Å². The van der Waals surface area contributed by atoms with Crippen LogP contribution in [-0.2, 0) is 5.41 Å². The second-order valence-electron chi connectivity index (χ2n) is 7.74. The van der Waals surface area contributed by atoms with Gasteiger partial charge in [0.05, 0.1) is 0 Å². The first-order valence-corrected chi connectivity index (χ1v) is 8.66. The number of hydrogen-bond donors (Lipinski definition) is 2. The molecule has 5 nitrogen and oxygen atoms in total. The van der Waals surface area contributed by atoms with E-state index in [0.717, 1.165) is 5.69 Å². The lowest BCUT2D eigenvalue weighted by Crippen LogP contribution is -2.28. The van der Waals surface area contributed by atoms with Crippen LogP contribution in [-0.4, -0.2) is 22.4 Å². The summed E-state index contributed by atoms with van der Waals surface area (Å²) in [5.74, 6) is 1.40. The van der Waals surface area contributed by atoms with Crippen LogP contribution in [0, 0.1) is 12.8 Å². The maximum Gasteiger partial charge on any atom is 0.270 e. The van der Waals surface area contributed by atoms with E-state index in [2.05, 4.69) is 67.4 Å². The summed E-state index contributed by atoms with van der Waals surface area (Å²) in [5, 5.41) is 6.14. The molecule has 0 fully saturated rings. The summed E-state index contributed by atoms with van der Waals surface area (Å²) in [5.41, 5.74) is 2.69. The Morgan fingerprint density at radius 2 is 1.76 bits per heavy atom. The van der Waals surface area contributed by atoms with E-state index in [1.807, 2.05) is 12.1 Å². The third kappa shape index (κ3) is 5.55. The first kappa shape index (κ1) is 18.9. The van der Waals surface area contributed by atoms with Crippen LogP contribution in [0.1, 0.15) is 56.5 Å². The fraction of sp³-hybridized carbons (Fsp3) is 0.450. The standard InChI is InChI=1S/C20H28N4O/c1-13(2)12-21-19(25)17-11-18(23-14(3)22-17)24-16-9-7-15(8-10-16)20(4,5)6/h7-11,13H,12H2,1-6H3,(H,21,25)(H,22,23,24). The Morgan fingerprint density at radius 1 is 1.12 bits per heavy atom. The van der Waals surface area contributed by atoms with Crippen molar-refractivity contribution in [3.63, 3.8) is 0 Å². The third-order valence-electron chi connectivity index (χ3n) is 3.76. The SMILES string of the molecule is Cc1nc(Nc2ccc(C(C)(C)C)cc2)cc(C(=O)NCC(C)C)n1. The number of rotatable bonds is 5. The summed E-state index contributed by atoms with van der Waals surface area (Å²) in [7, 11) is 0. The molecule has 1 aromatic carbocycles. The summed E-state index contributed by atoms with van der Waals surface area (Å²) >= 11 is 0. The minimum atomic E-state index is -0.176. The monoisotopic (exact) mass is 340 g/mol. The number of benzene rings is 1. The van der Waals surface area contributed by atoms with Crippen molar-refractivity contribution in [3.05, 3.63) is 47.4 Å². The van der Waals surface area contributed by atoms with Crippen LogP contribution in [0.3, 0.4) is 0 Å². The van der Waals surface area contributed by atoms with Gasteiger partial charge in [-0.05, 0) is 36.0 Å². The van der Waals surface area contributed by atoms with Gasteiger partial charge in [-0.25, -0.2) is 9.97 Å². The minimum absolute atomic E-state index is 0.117. The van der Waals surface area contributed by atoms with Crippen molar-refractivity contribution in [2.45, 2.75) is 47.0 Å².